The number of guanidine groups is 1. The molecule has 0 radical (unpaired) electrons. The first-order valence-electron chi connectivity index (χ1n) is 8.74. The predicted octanol–water partition coefficient (Wildman–Crippen LogP) is 3.09. The van der Waals surface area contributed by atoms with Crippen molar-refractivity contribution in [3.05, 3.63) is 54.0 Å². The van der Waals surface area contributed by atoms with Gasteiger partial charge in [0.25, 0.3) is 5.91 Å². The van der Waals surface area contributed by atoms with Crippen molar-refractivity contribution in [2.75, 3.05) is 24.7 Å². The van der Waals surface area contributed by atoms with Crippen LogP contribution in [0.3, 0.4) is 0 Å². The van der Waals surface area contributed by atoms with E-state index in [1.54, 1.807) is 19.2 Å². The molecule has 1 unspecified atom stereocenters. The van der Waals surface area contributed by atoms with Crippen molar-refractivity contribution in [3.63, 3.8) is 0 Å². The third-order valence-electron chi connectivity index (χ3n) is 4.16. The number of anilines is 1. The third-order valence-corrected chi connectivity index (χ3v) is 5.56. The SMILES string of the molecule is CN=C(NCc1ccc(NC(=O)c2ccco2)cc1)NCC1CCCS1. The van der Waals surface area contributed by atoms with Crippen LogP contribution >= 0.6 is 11.8 Å². The number of thioether (sulfide) groups is 1. The maximum Gasteiger partial charge on any atom is 0.291 e. The molecular weight excluding hydrogens is 348 g/mol. The normalized spacial score (nSPS) is 17.1. The van der Waals surface area contributed by atoms with Crippen LogP contribution in [0.4, 0.5) is 5.69 Å². The summed E-state index contributed by atoms with van der Waals surface area (Å²) < 4.78 is 5.08. The van der Waals surface area contributed by atoms with Crippen molar-refractivity contribution in [1.82, 2.24) is 10.6 Å². The summed E-state index contributed by atoms with van der Waals surface area (Å²) in [5, 5.41) is 10.2. The first-order chi connectivity index (χ1) is 12.7. The molecule has 0 bridgehead atoms. The number of nitrogens with zero attached hydrogens (tertiary/aromatic N) is 1. The molecule has 1 aromatic heterocycles. The van der Waals surface area contributed by atoms with E-state index < -0.39 is 0 Å². The van der Waals surface area contributed by atoms with E-state index in [0.29, 0.717) is 17.6 Å². The maximum atomic E-state index is 12.0. The van der Waals surface area contributed by atoms with Crippen LogP contribution < -0.4 is 16.0 Å². The maximum absolute atomic E-state index is 12.0. The van der Waals surface area contributed by atoms with Gasteiger partial charge in [-0.25, -0.2) is 0 Å². The standard InChI is InChI=1S/C19H24N4O2S/c1-20-19(22-13-16-4-3-11-26-16)21-12-14-6-8-15(9-7-14)23-18(24)17-5-2-10-25-17/h2,5-10,16H,3-4,11-13H2,1H3,(H,23,24)(H2,20,21,22). The zero-order valence-electron chi connectivity index (χ0n) is 14.8. The van der Waals surface area contributed by atoms with E-state index >= 15 is 0 Å². The number of nitrogens with one attached hydrogen (secondary N) is 3. The van der Waals surface area contributed by atoms with Gasteiger partial charge >= 0.3 is 0 Å². The van der Waals surface area contributed by atoms with Crippen LogP contribution in [-0.4, -0.2) is 36.5 Å². The van der Waals surface area contributed by atoms with Crippen molar-refractivity contribution in [2.24, 2.45) is 4.99 Å². The Balaban J connectivity index is 1.45. The van der Waals surface area contributed by atoms with Gasteiger partial charge < -0.3 is 20.4 Å². The second kappa shape index (κ2) is 9.33. The number of amides is 1. The van der Waals surface area contributed by atoms with Gasteiger partial charge in [-0.1, -0.05) is 12.1 Å². The lowest BCUT2D eigenvalue weighted by Gasteiger charge is -2.15. The molecule has 1 saturated heterocycles. The van der Waals surface area contributed by atoms with Crippen LogP contribution in [0.5, 0.6) is 0 Å². The van der Waals surface area contributed by atoms with Crippen LogP contribution in [0.2, 0.25) is 0 Å². The van der Waals surface area contributed by atoms with E-state index in [1.165, 1.54) is 24.9 Å². The molecule has 7 heteroatoms. The van der Waals surface area contributed by atoms with E-state index in [1.807, 2.05) is 36.0 Å². The number of rotatable bonds is 6. The average Bonchev–Trinajstić information content (AvgIpc) is 3.37. The highest BCUT2D eigenvalue weighted by Crippen LogP contribution is 2.25. The first-order valence-corrected chi connectivity index (χ1v) is 9.79. The summed E-state index contributed by atoms with van der Waals surface area (Å²) in [7, 11) is 1.78. The molecule has 0 aliphatic carbocycles. The van der Waals surface area contributed by atoms with Gasteiger partial charge in [0, 0.05) is 31.1 Å². The van der Waals surface area contributed by atoms with Crippen LogP contribution in [0.15, 0.2) is 52.1 Å². The van der Waals surface area contributed by atoms with E-state index in [9.17, 15) is 4.79 Å². The van der Waals surface area contributed by atoms with E-state index in [-0.39, 0.29) is 5.91 Å². The van der Waals surface area contributed by atoms with Crippen molar-refractivity contribution in [2.45, 2.75) is 24.6 Å². The highest BCUT2D eigenvalue weighted by molar-refractivity contribution is 8.00. The Morgan fingerprint density at radius 3 is 2.77 bits per heavy atom. The highest BCUT2D eigenvalue weighted by Gasteiger charge is 2.15. The molecule has 1 aromatic carbocycles. The molecule has 1 amide bonds. The highest BCUT2D eigenvalue weighted by atomic mass is 32.2. The van der Waals surface area contributed by atoms with Crippen molar-refractivity contribution in [1.29, 1.82) is 0 Å². The molecular formula is C19H24N4O2S. The van der Waals surface area contributed by atoms with Gasteiger partial charge in [-0.2, -0.15) is 11.8 Å². The second-order valence-electron chi connectivity index (χ2n) is 6.07. The number of aliphatic imine (C=N–C) groups is 1. The number of benzene rings is 1. The minimum Gasteiger partial charge on any atom is -0.459 e. The van der Waals surface area contributed by atoms with Crippen molar-refractivity contribution >= 4 is 29.3 Å². The Hall–Kier alpha value is -2.41. The molecule has 3 N–H and O–H groups in total. The fraction of sp³-hybridized carbons (Fsp3) is 0.368. The van der Waals surface area contributed by atoms with Crippen LogP contribution in [-0.2, 0) is 6.54 Å². The quantitative estimate of drug-likeness (QED) is 0.536. The summed E-state index contributed by atoms with van der Waals surface area (Å²) in [5.41, 5.74) is 1.84. The summed E-state index contributed by atoms with van der Waals surface area (Å²) in [6.07, 6.45) is 4.07. The Kier molecular flexibility index (Phi) is 6.60. The molecule has 1 aliphatic heterocycles. The lowest BCUT2D eigenvalue weighted by molar-refractivity contribution is 0.0996. The third kappa shape index (κ3) is 5.29. The lowest BCUT2D eigenvalue weighted by Crippen LogP contribution is -2.39. The molecule has 2 aromatic rings. The molecule has 1 fully saturated rings. The Morgan fingerprint density at radius 1 is 1.27 bits per heavy atom. The van der Waals surface area contributed by atoms with Gasteiger partial charge in [0.2, 0.25) is 0 Å². The van der Waals surface area contributed by atoms with Gasteiger partial charge in [-0.3, -0.25) is 9.79 Å². The van der Waals surface area contributed by atoms with Gasteiger partial charge in [0.1, 0.15) is 0 Å². The summed E-state index contributed by atoms with van der Waals surface area (Å²) >= 11 is 2.03. The summed E-state index contributed by atoms with van der Waals surface area (Å²) in [5.74, 6) is 2.12. The Bertz CT molecular complexity index is 723. The zero-order valence-corrected chi connectivity index (χ0v) is 15.6. The van der Waals surface area contributed by atoms with Gasteiger partial charge in [0.15, 0.2) is 11.7 Å². The molecule has 0 saturated carbocycles. The molecule has 3 rings (SSSR count). The summed E-state index contributed by atoms with van der Waals surface area (Å²) in [6, 6.07) is 11.0. The first kappa shape index (κ1) is 18.4. The largest absolute Gasteiger partial charge is 0.459 e. The van der Waals surface area contributed by atoms with E-state index in [4.69, 9.17) is 4.42 Å². The van der Waals surface area contributed by atoms with Crippen LogP contribution in [0.25, 0.3) is 0 Å². The lowest BCUT2D eigenvalue weighted by atomic mass is 10.2. The average molecular weight is 372 g/mol. The number of hydrogen-bond acceptors (Lipinski definition) is 4. The number of hydrogen-bond donors (Lipinski definition) is 3. The molecule has 6 nitrogen and oxygen atoms in total. The smallest absolute Gasteiger partial charge is 0.291 e. The number of carbonyl (C=O) groups is 1. The minimum atomic E-state index is -0.254. The fourth-order valence-corrected chi connectivity index (χ4v) is 3.93. The van der Waals surface area contributed by atoms with Crippen LogP contribution in [0.1, 0.15) is 29.0 Å². The van der Waals surface area contributed by atoms with Crippen molar-refractivity contribution < 1.29 is 9.21 Å². The molecule has 26 heavy (non-hydrogen) atoms. The monoisotopic (exact) mass is 372 g/mol. The van der Waals surface area contributed by atoms with Crippen molar-refractivity contribution in [3.8, 4) is 0 Å². The van der Waals surface area contributed by atoms with Gasteiger partial charge in [-0.05, 0) is 48.4 Å². The molecule has 1 aliphatic rings. The van der Waals surface area contributed by atoms with E-state index in [0.717, 1.165) is 23.8 Å². The van der Waals surface area contributed by atoms with Gasteiger partial charge in [-0.15, -0.1) is 0 Å². The van der Waals surface area contributed by atoms with Gasteiger partial charge in [0.05, 0.1) is 6.26 Å². The number of furan rings is 1. The topological polar surface area (TPSA) is 78.7 Å². The zero-order chi connectivity index (χ0) is 18.2. The summed E-state index contributed by atoms with van der Waals surface area (Å²) in [4.78, 5) is 16.2. The summed E-state index contributed by atoms with van der Waals surface area (Å²) in [6.45, 7) is 1.62. The Labute approximate surface area is 157 Å². The second-order valence-corrected chi connectivity index (χ2v) is 7.48. The molecule has 138 valence electrons. The predicted molar refractivity (Wildman–Crippen MR) is 107 cm³/mol. The Morgan fingerprint density at radius 2 is 2.12 bits per heavy atom. The number of carbonyl (C=O) groups excluding carboxylic acids is 1. The van der Waals surface area contributed by atoms with E-state index in [2.05, 4.69) is 20.9 Å². The molecule has 1 atom stereocenters. The molecule has 0 spiro atoms. The minimum absolute atomic E-state index is 0.254. The molecule has 2 heterocycles. The van der Waals surface area contributed by atoms with Crippen LogP contribution in [0, 0.1) is 0 Å². The fourth-order valence-electron chi connectivity index (χ4n) is 2.73.